The number of ether oxygens (including phenoxy) is 1. The van der Waals surface area contributed by atoms with E-state index in [4.69, 9.17) is 4.74 Å². The van der Waals surface area contributed by atoms with Crippen molar-refractivity contribution in [3.05, 3.63) is 36.0 Å². The molecule has 184 valence electrons. The van der Waals surface area contributed by atoms with E-state index in [1.807, 2.05) is 31.2 Å². The number of hydrogen-bond acceptors (Lipinski definition) is 2. The van der Waals surface area contributed by atoms with Crippen LogP contribution in [0, 0.1) is 16.7 Å². The molecule has 0 heterocycles. The Kier molecular flexibility index (Phi) is 12.0. The molecule has 0 amide bonds. The maximum atomic E-state index is 13.2. The predicted octanol–water partition coefficient (Wildman–Crippen LogP) is 9.36. The van der Waals surface area contributed by atoms with E-state index in [0.717, 1.165) is 38.5 Å². The normalized spacial score (nSPS) is 18.9. The molecule has 2 nitrogen and oxygen atoms in total. The van der Waals surface area contributed by atoms with E-state index < -0.39 is 0 Å². The summed E-state index contributed by atoms with van der Waals surface area (Å²) in [6.07, 6.45) is 22.3. The van der Waals surface area contributed by atoms with Crippen LogP contribution in [0.5, 0.6) is 0 Å². The second-order valence-electron chi connectivity index (χ2n) is 11.1. The first-order chi connectivity index (χ1) is 15.1. The number of esters is 1. The molecule has 1 aliphatic rings. The van der Waals surface area contributed by atoms with Crippen molar-refractivity contribution < 1.29 is 9.53 Å². The second kappa shape index (κ2) is 13.4. The van der Waals surface area contributed by atoms with E-state index in [1.54, 1.807) is 0 Å². The Hall–Kier alpha value is -1.31. The van der Waals surface area contributed by atoms with E-state index in [1.165, 1.54) is 32.1 Å². The lowest BCUT2D eigenvalue weighted by Crippen LogP contribution is -2.37. The van der Waals surface area contributed by atoms with Crippen molar-refractivity contribution in [1.82, 2.24) is 0 Å². The first-order valence-corrected chi connectivity index (χ1v) is 13.3. The summed E-state index contributed by atoms with van der Waals surface area (Å²) in [5.41, 5.74) is 1.05. The molecule has 1 unspecified atom stereocenters. The fourth-order valence-corrected chi connectivity index (χ4v) is 4.98. The van der Waals surface area contributed by atoms with Crippen LogP contribution < -0.4 is 0 Å². The minimum Gasteiger partial charge on any atom is -0.455 e. The SMILES string of the molecule is CC=CC=C(C=CCC(CC(C)(C)CC)C(C)(CC)CC)C(=O)OC1(CC)CCCCC1. The standard InChI is InChI=1S/C30H52O2/c1-9-14-19-25(27(31)32-30(13-5)22-16-15-17-23-30)20-18-21-26(24-28(6,7)10-2)29(8,11-3)12-4/h9,14,18-20,26H,10-13,15-17,21-24H2,1-8H3. The van der Waals surface area contributed by atoms with E-state index in [0.29, 0.717) is 22.3 Å². The van der Waals surface area contributed by atoms with Gasteiger partial charge in [-0.2, -0.15) is 0 Å². The van der Waals surface area contributed by atoms with Gasteiger partial charge in [-0.1, -0.05) is 98.5 Å². The highest BCUT2D eigenvalue weighted by Crippen LogP contribution is 2.44. The van der Waals surface area contributed by atoms with Gasteiger partial charge in [-0.15, -0.1) is 0 Å². The molecule has 1 atom stereocenters. The lowest BCUT2D eigenvalue weighted by Gasteiger charge is -2.40. The molecular weight excluding hydrogens is 392 g/mol. The average Bonchev–Trinajstić information content (AvgIpc) is 2.80. The highest BCUT2D eigenvalue weighted by molar-refractivity contribution is 5.92. The molecule has 1 saturated carbocycles. The Morgan fingerprint density at radius 2 is 1.62 bits per heavy atom. The molecule has 0 N–H and O–H groups in total. The number of allylic oxidation sites excluding steroid dienone is 4. The molecule has 1 rings (SSSR count). The van der Waals surface area contributed by atoms with Gasteiger partial charge in [-0.3, -0.25) is 0 Å². The minimum atomic E-state index is -0.269. The third kappa shape index (κ3) is 8.56. The lowest BCUT2D eigenvalue weighted by atomic mass is 9.65. The fourth-order valence-electron chi connectivity index (χ4n) is 4.98. The van der Waals surface area contributed by atoms with Crippen LogP contribution in [0.2, 0.25) is 0 Å². The summed E-state index contributed by atoms with van der Waals surface area (Å²) in [5.74, 6) is 0.435. The van der Waals surface area contributed by atoms with Gasteiger partial charge < -0.3 is 4.74 Å². The topological polar surface area (TPSA) is 26.3 Å². The van der Waals surface area contributed by atoms with Gasteiger partial charge in [-0.05, 0) is 74.7 Å². The second-order valence-corrected chi connectivity index (χ2v) is 11.1. The van der Waals surface area contributed by atoms with Gasteiger partial charge in [-0.25, -0.2) is 4.79 Å². The number of carbonyl (C=O) groups excluding carboxylic acids is 1. The van der Waals surface area contributed by atoms with Gasteiger partial charge in [0, 0.05) is 0 Å². The highest BCUT2D eigenvalue weighted by atomic mass is 16.6. The molecule has 0 radical (unpaired) electrons. The monoisotopic (exact) mass is 444 g/mol. The largest absolute Gasteiger partial charge is 0.455 e. The molecule has 0 saturated heterocycles. The van der Waals surface area contributed by atoms with Gasteiger partial charge in [0.05, 0.1) is 5.57 Å². The van der Waals surface area contributed by atoms with Crippen molar-refractivity contribution >= 4 is 5.97 Å². The van der Waals surface area contributed by atoms with Crippen LogP contribution in [0.4, 0.5) is 0 Å². The van der Waals surface area contributed by atoms with Crippen LogP contribution >= 0.6 is 0 Å². The third-order valence-corrected chi connectivity index (χ3v) is 8.50. The average molecular weight is 445 g/mol. The first-order valence-electron chi connectivity index (χ1n) is 13.3. The molecule has 0 aliphatic heterocycles. The van der Waals surface area contributed by atoms with E-state index >= 15 is 0 Å². The van der Waals surface area contributed by atoms with E-state index in [-0.39, 0.29) is 11.6 Å². The Bertz CT molecular complexity index is 640. The van der Waals surface area contributed by atoms with Gasteiger partial charge in [0.15, 0.2) is 0 Å². The number of carbonyl (C=O) groups is 1. The molecule has 0 spiro atoms. The molecule has 0 bridgehead atoms. The Morgan fingerprint density at radius 3 is 2.12 bits per heavy atom. The third-order valence-electron chi connectivity index (χ3n) is 8.50. The molecule has 32 heavy (non-hydrogen) atoms. The van der Waals surface area contributed by atoms with Crippen molar-refractivity contribution in [3.63, 3.8) is 0 Å². The van der Waals surface area contributed by atoms with Gasteiger partial charge >= 0.3 is 5.97 Å². The minimum absolute atomic E-state index is 0.165. The van der Waals surface area contributed by atoms with E-state index in [2.05, 4.69) is 54.5 Å². The van der Waals surface area contributed by atoms with Crippen LogP contribution in [0.25, 0.3) is 0 Å². The van der Waals surface area contributed by atoms with Crippen molar-refractivity contribution in [2.45, 2.75) is 132 Å². The summed E-state index contributed by atoms with van der Waals surface area (Å²) in [6.45, 7) is 18.3. The molecule has 2 heteroatoms. The van der Waals surface area contributed by atoms with Gasteiger partial charge in [0.1, 0.15) is 5.60 Å². The lowest BCUT2D eigenvalue weighted by molar-refractivity contribution is -0.158. The number of hydrogen-bond donors (Lipinski definition) is 0. The first kappa shape index (κ1) is 28.7. The maximum Gasteiger partial charge on any atom is 0.338 e. The maximum absolute atomic E-state index is 13.2. The molecule has 1 fully saturated rings. The quantitative estimate of drug-likeness (QED) is 0.161. The summed E-state index contributed by atoms with van der Waals surface area (Å²) >= 11 is 0. The van der Waals surface area contributed by atoms with Crippen molar-refractivity contribution in [2.75, 3.05) is 0 Å². The summed E-state index contributed by atoms with van der Waals surface area (Å²) in [6, 6.07) is 0. The number of rotatable bonds is 13. The predicted molar refractivity (Wildman–Crippen MR) is 140 cm³/mol. The summed E-state index contributed by atoms with van der Waals surface area (Å²) in [7, 11) is 0. The van der Waals surface area contributed by atoms with Gasteiger partial charge in [0.2, 0.25) is 0 Å². The zero-order valence-electron chi connectivity index (χ0n) is 22.6. The van der Waals surface area contributed by atoms with Crippen LogP contribution in [0.15, 0.2) is 36.0 Å². The van der Waals surface area contributed by atoms with Crippen molar-refractivity contribution in [2.24, 2.45) is 16.7 Å². The Morgan fingerprint density at radius 1 is 1.00 bits per heavy atom. The summed E-state index contributed by atoms with van der Waals surface area (Å²) in [4.78, 5) is 13.2. The van der Waals surface area contributed by atoms with Crippen LogP contribution in [-0.2, 0) is 9.53 Å². The fraction of sp³-hybridized carbons (Fsp3) is 0.767. The summed E-state index contributed by atoms with van der Waals surface area (Å²) < 4.78 is 6.16. The van der Waals surface area contributed by atoms with Crippen LogP contribution in [0.3, 0.4) is 0 Å². The highest BCUT2D eigenvalue weighted by Gasteiger charge is 2.35. The molecule has 1 aliphatic carbocycles. The van der Waals surface area contributed by atoms with Crippen LogP contribution in [-0.4, -0.2) is 11.6 Å². The smallest absolute Gasteiger partial charge is 0.338 e. The molecule has 0 aromatic carbocycles. The zero-order valence-corrected chi connectivity index (χ0v) is 22.6. The molecule has 0 aromatic rings. The van der Waals surface area contributed by atoms with Gasteiger partial charge in [0.25, 0.3) is 0 Å². The Balaban J connectivity index is 3.05. The van der Waals surface area contributed by atoms with Crippen molar-refractivity contribution in [1.29, 1.82) is 0 Å². The van der Waals surface area contributed by atoms with Crippen LogP contribution in [0.1, 0.15) is 126 Å². The molecular formula is C30H52O2. The summed E-state index contributed by atoms with van der Waals surface area (Å²) in [5, 5.41) is 0. The van der Waals surface area contributed by atoms with Crippen molar-refractivity contribution in [3.8, 4) is 0 Å². The Labute approximate surface area is 200 Å². The van der Waals surface area contributed by atoms with E-state index in [9.17, 15) is 4.79 Å². The molecule has 0 aromatic heterocycles. The zero-order chi connectivity index (χ0) is 24.3.